The van der Waals surface area contributed by atoms with E-state index in [2.05, 4.69) is 27.6 Å². The molecule has 1 amide bonds. The van der Waals surface area contributed by atoms with Crippen LogP contribution in [0.1, 0.15) is 5.56 Å². The number of nitrogens with two attached hydrogens (primary N) is 1. The van der Waals surface area contributed by atoms with E-state index in [-0.39, 0.29) is 6.42 Å². The number of fused-ring (bicyclic) bond motifs is 1. The van der Waals surface area contributed by atoms with Crippen molar-refractivity contribution in [3.63, 3.8) is 0 Å². The number of amides is 1. The number of carbonyl (C=O) groups is 1. The van der Waals surface area contributed by atoms with E-state index in [0.29, 0.717) is 17.2 Å². The third-order valence-corrected chi connectivity index (χ3v) is 4.12. The zero-order valence-corrected chi connectivity index (χ0v) is 15.1. The monoisotopic (exact) mass is 434 g/mol. The summed E-state index contributed by atoms with van der Waals surface area (Å²) in [6.07, 6.45) is 1.83. The van der Waals surface area contributed by atoms with Crippen LogP contribution in [0.4, 0.5) is 0 Å². The molecule has 1 aromatic heterocycles. The molecule has 0 spiro atoms. The molecule has 3 rings (SSSR count). The Morgan fingerprint density at radius 3 is 2.71 bits per heavy atom. The van der Waals surface area contributed by atoms with Crippen LogP contribution in [-0.4, -0.2) is 18.0 Å². The first-order valence-corrected chi connectivity index (χ1v) is 8.31. The van der Waals surface area contributed by atoms with Gasteiger partial charge in [0.1, 0.15) is 17.2 Å². The van der Waals surface area contributed by atoms with Crippen molar-refractivity contribution in [2.75, 3.05) is 7.11 Å². The van der Waals surface area contributed by atoms with Gasteiger partial charge in [-0.3, -0.25) is 9.78 Å². The van der Waals surface area contributed by atoms with Gasteiger partial charge in [0.2, 0.25) is 5.91 Å². The molecule has 6 heteroatoms. The Balaban J connectivity index is 2.01. The molecule has 0 radical (unpaired) electrons. The molecular weight excluding hydrogens is 419 g/mol. The fourth-order valence-corrected chi connectivity index (χ4v) is 2.91. The van der Waals surface area contributed by atoms with E-state index in [0.717, 1.165) is 20.0 Å². The van der Waals surface area contributed by atoms with Gasteiger partial charge in [-0.05, 0) is 64.6 Å². The minimum Gasteiger partial charge on any atom is -0.497 e. The first-order chi connectivity index (χ1) is 11.5. The number of nitrogens with zero attached hydrogens (tertiary/aromatic N) is 1. The van der Waals surface area contributed by atoms with Crippen molar-refractivity contribution < 1.29 is 14.3 Å². The fourth-order valence-electron chi connectivity index (χ4n) is 2.42. The van der Waals surface area contributed by atoms with Crippen LogP contribution in [0, 0.1) is 3.57 Å². The number of hydrogen-bond donors (Lipinski definition) is 1. The van der Waals surface area contributed by atoms with Crippen molar-refractivity contribution in [1.82, 2.24) is 4.98 Å². The molecule has 0 aliphatic carbocycles. The molecule has 24 heavy (non-hydrogen) atoms. The molecular formula is C18H15IN2O3. The number of carbonyl (C=O) groups excluding carboxylic acids is 1. The predicted molar refractivity (Wildman–Crippen MR) is 100 cm³/mol. The maximum Gasteiger partial charge on any atom is 0.221 e. The molecule has 3 aromatic rings. The maximum atomic E-state index is 11.2. The summed E-state index contributed by atoms with van der Waals surface area (Å²) in [4.78, 5) is 15.5. The van der Waals surface area contributed by atoms with Crippen LogP contribution < -0.4 is 15.2 Å². The van der Waals surface area contributed by atoms with Crippen LogP contribution in [-0.2, 0) is 11.2 Å². The average molecular weight is 434 g/mol. The molecule has 0 atom stereocenters. The minimum absolute atomic E-state index is 0.128. The zero-order chi connectivity index (χ0) is 17.1. The minimum atomic E-state index is -0.405. The Bertz CT molecular complexity index is 912. The lowest BCUT2D eigenvalue weighted by atomic mass is 10.1. The van der Waals surface area contributed by atoms with Gasteiger partial charge in [0.15, 0.2) is 0 Å². The van der Waals surface area contributed by atoms with Crippen molar-refractivity contribution in [1.29, 1.82) is 0 Å². The summed E-state index contributed by atoms with van der Waals surface area (Å²) in [6.45, 7) is 0. The third-order valence-electron chi connectivity index (χ3n) is 3.45. The highest BCUT2D eigenvalue weighted by Gasteiger charge is 2.09. The van der Waals surface area contributed by atoms with E-state index >= 15 is 0 Å². The van der Waals surface area contributed by atoms with Crippen LogP contribution in [0.3, 0.4) is 0 Å². The quantitative estimate of drug-likeness (QED) is 0.622. The predicted octanol–water partition coefficient (Wildman–Crippen LogP) is 3.67. The lowest BCUT2D eigenvalue weighted by Gasteiger charge is -2.12. The maximum absolute atomic E-state index is 11.2. The molecule has 2 aromatic carbocycles. The highest BCUT2D eigenvalue weighted by Crippen LogP contribution is 2.32. The highest BCUT2D eigenvalue weighted by molar-refractivity contribution is 14.1. The van der Waals surface area contributed by atoms with Gasteiger partial charge in [-0.2, -0.15) is 0 Å². The molecule has 0 aliphatic rings. The van der Waals surface area contributed by atoms with Crippen molar-refractivity contribution in [2.45, 2.75) is 6.42 Å². The molecule has 0 fully saturated rings. The van der Waals surface area contributed by atoms with E-state index in [1.54, 1.807) is 31.5 Å². The summed E-state index contributed by atoms with van der Waals surface area (Å²) in [6, 6.07) is 13.1. The SMILES string of the molecule is COc1cc(CC(N)=O)cc(Oc2ccnc3ccc(I)cc23)c1. The summed E-state index contributed by atoms with van der Waals surface area (Å²) in [7, 11) is 1.57. The van der Waals surface area contributed by atoms with Gasteiger partial charge in [-0.1, -0.05) is 0 Å². The molecule has 0 unspecified atom stereocenters. The van der Waals surface area contributed by atoms with Crippen LogP contribution in [0.25, 0.3) is 10.9 Å². The largest absolute Gasteiger partial charge is 0.497 e. The highest BCUT2D eigenvalue weighted by atomic mass is 127. The van der Waals surface area contributed by atoms with E-state index in [9.17, 15) is 4.79 Å². The summed E-state index contributed by atoms with van der Waals surface area (Å²) < 4.78 is 12.4. The molecule has 2 N–H and O–H groups in total. The van der Waals surface area contributed by atoms with Crippen LogP contribution in [0.5, 0.6) is 17.2 Å². The molecule has 1 heterocycles. The first kappa shape index (κ1) is 16.5. The number of primary amides is 1. The smallest absolute Gasteiger partial charge is 0.221 e. The third kappa shape index (κ3) is 3.76. The van der Waals surface area contributed by atoms with Gasteiger partial charge in [0.25, 0.3) is 0 Å². The number of rotatable bonds is 5. The van der Waals surface area contributed by atoms with Gasteiger partial charge >= 0.3 is 0 Å². The van der Waals surface area contributed by atoms with Gasteiger partial charge in [-0.15, -0.1) is 0 Å². The second-order valence-corrected chi connectivity index (χ2v) is 6.48. The normalized spacial score (nSPS) is 10.6. The second kappa shape index (κ2) is 7.04. The summed E-state index contributed by atoms with van der Waals surface area (Å²) in [5, 5.41) is 0.920. The van der Waals surface area contributed by atoms with Gasteiger partial charge in [-0.25, -0.2) is 0 Å². The molecule has 0 saturated carbocycles. The first-order valence-electron chi connectivity index (χ1n) is 7.23. The van der Waals surface area contributed by atoms with Crippen LogP contribution in [0.15, 0.2) is 48.7 Å². The average Bonchev–Trinajstić information content (AvgIpc) is 2.54. The lowest BCUT2D eigenvalue weighted by molar-refractivity contribution is -0.117. The Kier molecular flexibility index (Phi) is 4.84. The van der Waals surface area contributed by atoms with Crippen molar-refractivity contribution >= 4 is 39.4 Å². The molecule has 0 bridgehead atoms. The number of pyridine rings is 1. The Morgan fingerprint density at radius 2 is 1.96 bits per heavy atom. The Hall–Kier alpha value is -2.35. The number of halogens is 1. The van der Waals surface area contributed by atoms with Gasteiger partial charge < -0.3 is 15.2 Å². The number of methoxy groups -OCH3 is 1. The van der Waals surface area contributed by atoms with Crippen molar-refractivity contribution in [3.05, 3.63) is 57.8 Å². The number of aromatic nitrogens is 1. The Labute approximate surface area is 152 Å². The number of hydrogen-bond acceptors (Lipinski definition) is 4. The van der Waals surface area contributed by atoms with E-state index in [1.165, 1.54) is 0 Å². The van der Waals surface area contributed by atoms with Crippen molar-refractivity contribution in [3.8, 4) is 17.2 Å². The lowest BCUT2D eigenvalue weighted by Crippen LogP contribution is -2.13. The summed E-state index contributed by atoms with van der Waals surface area (Å²) >= 11 is 2.25. The van der Waals surface area contributed by atoms with Crippen LogP contribution >= 0.6 is 22.6 Å². The summed E-state index contributed by atoms with van der Waals surface area (Å²) in [5.74, 6) is 1.48. The van der Waals surface area contributed by atoms with E-state index < -0.39 is 5.91 Å². The van der Waals surface area contributed by atoms with E-state index in [1.807, 2.05) is 24.3 Å². The topological polar surface area (TPSA) is 74.4 Å². The molecule has 0 aliphatic heterocycles. The fraction of sp³-hybridized carbons (Fsp3) is 0.111. The van der Waals surface area contributed by atoms with Gasteiger partial charge in [0, 0.05) is 21.2 Å². The molecule has 5 nitrogen and oxygen atoms in total. The second-order valence-electron chi connectivity index (χ2n) is 5.23. The zero-order valence-electron chi connectivity index (χ0n) is 13.0. The van der Waals surface area contributed by atoms with Gasteiger partial charge in [0.05, 0.1) is 19.0 Å². The van der Waals surface area contributed by atoms with Crippen molar-refractivity contribution in [2.24, 2.45) is 5.73 Å². The Morgan fingerprint density at radius 1 is 1.17 bits per heavy atom. The molecule has 122 valence electrons. The summed E-state index contributed by atoms with van der Waals surface area (Å²) in [5.41, 5.74) is 6.88. The van der Waals surface area contributed by atoms with E-state index in [4.69, 9.17) is 15.2 Å². The number of benzene rings is 2. The molecule has 0 saturated heterocycles. The van der Waals surface area contributed by atoms with Crippen LogP contribution in [0.2, 0.25) is 0 Å². The standard InChI is InChI=1S/C18H15IN2O3/c1-23-13-6-11(8-18(20)22)7-14(10-13)24-17-4-5-21-16-3-2-12(19)9-15(16)17/h2-7,9-10H,8H2,1H3,(H2,20,22). The number of ether oxygens (including phenoxy) is 2.